The molecule has 0 radical (unpaired) electrons. The van der Waals surface area contributed by atoms with Gasteiger partial charge in [0.15, 0.2) is 0 Å². The summed E-state index contributed by atoms with van der Waals surface area (Å²) in [5.41, 5.74) is 0.993. The van der Waals surface area contributed by atoms with E-state index >= 15 is 0 Å². The SMILES string of the molecule is CC#Cc1cc(Cl)c(C2C(=O)N(C)N(CC)C2=O)c(Cl)c1. The number of carbonyl (C=O) groups is 2. The maximum absolute atomic E-state index is 12.4. The number of nitrogens with zero attached hydrogens (tertiary/aromatic N) is 2. The van der Waals surface area contributed by atoms with Crippen molar-refractivity contribution >= 4 is 35.0 Å². The standard InChI is InChI=1S/C15H14Cl2N2O2/c1-4-6-9-7-10(16)12(11(17)8-9)13-14(20)18(3)19(5-2)15(13)21/h7-8,13H,5H2,1-3H3. The molecular formula is C15H14Cl2N2O2. The highest BCUT2D eigenvalue weighted by atomic mass is 35.5. The second kappa shape index (κ2) is 5.97. The molecule has 2 amide bonds. The fourth-order valence-electron chi connectivity index (χ4n) is 2.40. The molecule has 0 bridgehead atoms. The normalized spacial score (nSPS) is 18.0. The highest BCUT2D eigenvalue weighted by Crippen LogP contribution is 2.38. The van der Waals surface area contributed by atoms with E-state index in [9.17, 15) is 9.59 Å². The van der Waals surface area contributed by atoms with Crippen LogP contribution in [0.2, 0.25) is 10.0 Å². The minimum atomic E-state index is -0.987. The van der Waals surface area contributed by atoms with Crippen LogP contribution in [0.3, 0.4) is 0 Å². The number of carbonyl (C=O) groups excluding carboxylic acids is 2. The first-order valence-corrected chi connectivity index (χ1v) is 7.18. The molecule has 6 heteroatoms. The molecule has 1 saturated heterocycles. The fraction of sp³-hybridized carbons (Fsp3) is 0.333. The molecule has 1 fully saturated rings. The average Bonchev–Trinajstić information content (AvgIpc) is 2.62. The zero-order valence-electron chi connectivity index (χ0n) is 11.9. The fourth-order valence-corrected chi connectivity index (χ4v) is 3.11. The average molecular weight is 325 g/mol. The van der Waals surface area contributed by atoms with E-state index in [1.54, 1.807) is 33.0 Å². The third-order valence-corrected chi connectivity index (χ3v) is 3.99. The van der Waals surface area contributed by atoms with Crippen molar-refractivity contribution < 1.29 is 9.59 Å². The Morgan fingerprint density at radius 1 is 1.19 bits per heavy atom. The van der Waals surface area contributed by atoms with E-state index in [2.05, 4.69) is 11.8 Å². The van der Waals surface area contributed by atoms with Gasteiger partial charge in [-0.25, -0.2) is 0 Å². The number of hydrogen-bond acceptors (Lipinski definition) is 2. The largest absolute Gasteiger partial charge is 0.272 e. The molecule has 0 saturated carbocycles. The van der Waals surface area contributed by atoms with Crippen LogP contribution in [0.1, 0.15) is 30.9 Å². The summed E-state index contributed by atoms with van der Waals surface area (Å²) in [7, 11) is 1.56. The minimum Gasteiger partial charge on any atom is -0.272 e. The van der Waals surface area contributed by atoms with Gasteiger partial charge in [0.25, 0.3) is 11.8 Å². The summed E-state index contributed by atoms with van der Waals surface area (Å²) in [6.45, 7) is 3.91. The van der Waals surface area contributed by atoms with E-state index < -0.39 is 5.92 Å². The predicted molar refractivity (Wildman–Crippen MR) is 81.9 cm³/mol. The number of hydrogen-bond donors (Lipinski definition) is 0. The van der Waals surface area contributed by atoms with E-state index in [0.717, 1.165) is 0 Å². The molecule has 1 atom stereocenters. The number of rotatable bonds is 2. The van der Waals surface area contributed by atoms with Crippen LogP contribution in [0, 0.1) is 11.8 Å². The summed E-state index contributed by atoms with van der Waals surface area (Å²) < 4.78 is 0. The van der Waals surface area contributed by atoms with Crippen molar-refractivity contribution in [3.05, 3.63) is 33.3 Å². The van der Waals surface area contributed by atoms with Crippen LogP contribution >= 0.6 is 23.2 Å². The van der Waals surface area contributed by atoms with E-state index in [1.165, 1.54) is 10.0 Å². The van der Waals surface area contributed by atoms with Gasteiger partial charge in [0.05, 0.1) is 0 Å². The lowest BCUT2D eigenvalue weighted by atomic mass is 9.97. The van der Waals surface area contributed by atoms with Gasteiger partial charge in [0.2, 0.25) is 0 Å². The first-order valence-electron chi connectivity index (χ1n) is 6.42. The van der Waals surface area contributed by atoms with Crippen molar-refractivity contribution in [2.24, 2.45) is 0 Å². The molecule has 2 rings (SSSR count). The van der Waals surface area contributed by atoms with E-state index in [0.29, 0.717) is 17.7 Å². The minimum absolute atomic E-state index is 0.276. The Hall–Kier alpha value is -1.70. The number of halogens is 2. The highest BCUT2D eigenvalue weighted by Gasteiger charge is 2.45. The van der Waals surface area contributed by atoms with Crippen LogP contribution in [0.5, 0.6) is 0 Å². The van der Waals surface area contributed by atoms with Crippen molar-refractivity contribution in [3.8, 4) is 11.8 Å². The van der Waals surface area contributed by atoms with Gasteiger partial charge in [-0.3, -0.25) is 19.6 Å². The number of hydrazine groups is 1. The lowest BCUT2D eigenvalue weighted by Gasteiger charge is -2.21. The van der Waals surface area contributed by atoms with Crippen molar-refractivity contribution in [3.63, 3.8) is 0 Å². The van der Waals surface area contributed by atoms with Crippen LogP contribution in [0.15, 0.2) is 12.1 Å². The van der Waals surface area contributed by atoms with Crippen LogP contribution in [-0.2, 0) is 9.59 Å². The van der Waals surface area contributed by atoms with Crippen molar-refractivity contribution in [2.75, 3.05) is 13.6 Å². The van der Waals surface area contributed by atoms with Gasteiger partial charge in [-0.15, -0.1) is 5.92 Å². The molecule has 1 aliphatic rings. The van der Waals surface area contributed by atoms with Crippen LogP contribution < -0.4 is 0 Å². The summed E-state index contributed by atoms with van der Waals surface area (Å²) in [5, 5.41) is 3.23. The smallest absolute Gasteiger partial charge is 0.258 e. The Labute approximate surface area is 133 Å². The molecular weight excluding hydrogens is 311 g/mol. The van der Waals surface area contributed by atoms with Gasteiger partial charge in [-0.2, -0.15) is 0 Å². The zero-order chi connectivity index (χ0) is 15.7. The summed E-state index contributed by atoms with van der Waals surface area (Å²) in [6, 6.07) is 3.24. The lowest BCUT2D eigenvalue weighted by Crippen LogP contribution is -2.37. The van der Waals surface area contributed by atoms with Crippen molar-refractivity contribution in [1.29, 1.82) is 0 Å². The molecule has 0 spiro atoms. The second-order valence-corrected chi connectivity index (χ2v) is 5.39. The molecule has 0 aromatic heterocycles. The summed E-state index contributed by atoms with van der Waals surface area (Å²) in [6.07, 6.45) is 0. The number of likely N-dealkylation sites (N-methyl/N-ethyl adjacent to an activating group) is 2. The summed E-state index contributed by atoms with van der Waals surface area (Å²) in [4.78, 5) is 24.7. The summed E-state index contributed by atoms with van der Waals surface area (Å²) in [5.74, 6) is 3.96. The van der Waals surface area contributed by atoms with Gasteiger partial charge in [0.1, 0.15) is 5.92 Å². The molecule has 1 unspecified atom stereocenters. The molecule has 0 aliphatic carbocycles. The van der Waals surface area contributed by atoms with Gasteiger partial charge < -0.3 is 0 Å². The predicted octanol–water partition coefficient (Wildman–Crippen LogP) is 2.68. The van der Waals surface area contributed by atoms with Crippen LogP contribution in [0.4, 0.5) is 0 Å². The lowest BCUT2D eigenvalue weighted by molar-refractivity contribution is -0.143. The molecule has 1 heterocycles. The van der Waals surface area contributed by atoms with Crippen LogP contribution in [0.25, 0.3) is 0 Å². The quantitative estimate of drug-likeness (QED) is 0.620. The molecule has 1 aromatic carbocycles. The summed E-state index contributed by atoms with van der Waals surface area (Å²) >= 11 is 12.5. The zero-order valence-corrected chi connectivity index (χ0v) is 13.4. The molecule has 0 N–H and O–H groups in total. The Morgan fingerprint density at radius 3 is 2.19 bits per heavy atom. The van der Waals surface area contributed by atoms with Gasteiger partial charge in [-0.1, -0.05) is 29.1 Å². The monoisotopic (exact) mass is 324 g/mol. The van der Waals surface area contributed by atoms with Gasteiger partial charge in [0, 0.05) is 34.8 Å². The Balaban J connectivity index is 2.54. The maximum Gasteiger partial charge on any atom is 0.258 e. The third kappa shape index (κ3) is 2.59. The Morgan fingerprint density at radius 2 is 1.76 bits per heavy atom. The Kier molecular flexibility index (Phi) is 4.46. The maximum atomic E-state index is 12.4. The molecule has 110 valence electrons. The first kappa shape index (κ1) is 15.7. The third-order valence-electron chi connectivity index (χ3n) is 3.37. The highest BCUT2D eigenvalue weighted by molar-refractivity contribution is 6.37. The van der Waals surface area contributed by atoms with E-state index in [4.69, 9.17) is 23.2 Å². The van der Waals surface area contributed by atoms with E-state index in [1.807, 2.05) is 0 Å². The molecule has 1 aliphatic heterocycles. The first-order chi connectivity index (χ1) is 9.92. The Bertz CT molecular complexity index is 653. The molecule has 21 heavy (non-hydrogen) atoms. The van der Waals surface area contributed by atoms with Crippen molar-refractivity contribution in [2.45, 2.75) is 19.8 Å². The molecule has 4 nitrogen and oxygen atoms in total. The van der Waals surface area contributed by atoms with Crippen molar-refractivity contribution in [1.82, 2.24) is 10.0 Å². The van der Waals surface area contributed by atoms with E-state index in [-0.39, 0.29) is 21.9 Å². The number of amides is 2. The molecule has 1 aromatic rings. The van der Waals surface area contributed by atoms with Gasteiger partial charge >= 0.3 is 0 Å². The van der Waals surface area contributed by atoms with Crippen LogP contribution in [-0.4, -0.2) is 35.4 Å². The van der Waals surface area contributed by atoms with Gasteiger partial charge in [-0.05, 0) is 26.0 Å². The second-order valence-electron chi connectivity index (χ2n) is 4.58. The number of benzene rings is 1. The topological polar surface area (TPSA) is 40.6 Å².